The average Bonchev–Trinajstić information content (AvgIpc) is 3.54. The molecule has 0 bridgehead atoms. The molecule has 162 valence electrons. The lowest BCUT2D eigenvalue weighted by Gasteiger charge is -2.31. The van der Waals surface area contributed by atoms with Gasteiger partial charge in [-0.1, -0.05) is 42.5 Å². The van der Waals surface area contributed by atoms with E-state index in [1.807, 2.05) is 52.3 Å². The molecule has 1 saturated carbocycles. The summed E-state index contributed by atoms with van der Waals surface area (Å²) >= 11 is 0. The first-order chi connectivity index (χ1) is 15.1. The molecule has 5 nitrogen and oxygen atoms in total. The number of ether oxygens (including phenoxy) is 1. The SMILES string of the molecule is COc1ccc(C2(C(=O)N3C[C@H]4CCCC(=O)N(Cc5ccccc5)[C@H]4C3)CC2)cc1. The molecule has 2 atom stereocenters. The second-order valence-corrected chi connectivity index (χ2v) is 9.25. The third-order valence-corrected chi connectivity index (χ3v) is 7.38. The zero-order valence-electron chi connectivity index (χ0n) is 18.1. The smallest absolute Gasteiger partial charge is 0.233 e. The van der Waals surface area contributed by atoms with E-state index in [-0.39, 0.29) is 23.3 Å². The largest absolute Gasteiger partial charge is 0.497 e. The Labute approximate surface area is 184 Å². The first-order valence-electron chi connectivity index (χ1n) is 11.4. The number of carbonyl (C=O) groups excluding carboxylic acids is 2. The summed E-state index contributed by atoms with van der Waals surface area (Å²) in [7, 11) is 1.66. The number of methoxy groups -OCH3 is 1. The van der Waals surface area contributed by atoms with E-state index >= 15 is 0 Å². The van der Waals surface area contributed by atoms with Gasteiger partial charge >= 0.3 is 0 Å². The van der Waals surface area contributed by atoms with E-state index in [0.29, 0.717) is 25.4 Å². The zero-order valence-corrected chi connectivity index (χ0v) is 18.1. The van der Waals surface area contributed by atoms with Gasteiger partial charge in [-0.25, -0.2) is 0 Å². The van der Waals surface area contributed by atoms with Gasteiger partial charge in [0.05, 0.1) is 18.6 Å². The number of likely N-dealkylation sites (tertiary alicyclic amines) is 2. The highest BCUT2D eigenvalue weighted by atomic mass is 16.5. The molecule has 0 N–H and O–H groups in total. The van der Waals surface area contributed by atoms with Crippen LogP contribution in [0, 0.1) is 5.92 Å². The molecule has 2 aromatic carbocycles. The van der Waals surface area contributed by atoms with Crippen molar-refractivity contribution in [3.63, 3.8) is 0 Å². The molecule has 5 rings (SSSR count). The standard InChI is InChI=1S/C26H30N2O3/c1-31-22-12-10-21(11-13-22)26(14-15-26)25(30)27-17-20-8-5-9-24(29)28(23(20)18-27)16-19-6-3-2-4-7-19/h2-4,6-7,10-13,20,23H,5,8-9,14-18H2,1H3/t20-,23+/m1/s1. The number of amides is 2. The van der Waals surface area contributed by atoms with E-state index in [0.717, 1.165) is 49.1 Å². The molecule has 2 heterocycles. The van der Waals surface area contributed by atoms with Crippen LogP contribution in [-0.2, 0) is 21.5 Å². The van der Waals surface area contributed by atoms with Gasteiger partial charge in [-0.2, -0.15) is 0 Å². The van der Waals surface area contributed by atoms with Crippen LogP contribution in [0.5, 0.6) is 5.75 Å². The molecule has 2 aromatic rings. The van der Waals surface area contributed by atoms with Crippen LogP contribution in [0.25, 0.3) is 0 Å². The zero-order chi connectivity index (χ0) is 21.4. The summed E-state index contributed by atoms with van der Waals surface area (Å²) in [5, 5.41) is 0. The number of nitrogens with zero attached hydrogens (tertiary/aromatic N) is 2. The van der Waals surface area contributed by atoms with Crippen molar-refractivity contribution >= 4 is 11.8 Å². The second kappa shape index (κ2) is 8.03. The van der Waals surface area contributed by atoms with Crippen LogP contribution < -0.4 is 4.74 Å². The predicted octanol–water partition coefficient (Wildman–Crippen LogP) is 3.77. The van der Waals surface area contributed by atoms with E-state index in [2.05, 4.69) is 12.1 Å². The van der Waals surface area contributed by atoms with Crippen LogP contribution in [0.4, 0.5) is 0 Å². The topological polar surface area (TPSA) is 49.9 Å². The Balaban J connectivity index is 1.35. The van der Waals surface area contributed by atoms with Crippen LogP contribution in [0.1, 0.15) is 43.2 Å². The second-order valence-electron chi connectivity index (χ2n) is 9.25. The van der Waals surface area contributed by atoms with Crippen LogP contribution in [0.15, 0.2) is 54.6 Å². The van der Waals surface area contributed by atoms with E-state index < -0.39 is 0 Å². The van der Waals surface area contributed by atoms with Gasteiger partial charge in [0.2, 0.25) is 11.8 Å². The summed E-state index contributed by atoms with van der Waals surface area (Å²) in [6.45, 7) is 2.05. The highest BCUT2D eigenvalue weighted by Crippen LogP contribution is 2.50. The summed E-state index contributed by atoms with van der Waals surface area (Å²) in [5.74, 6) is 1.64. The Bertz CT molecular complexity index is 952. The van der Waals surface area contributed by atoms with Crippen LogP contribution >= 0.6 is 0 Å². The monoisotopic (exact) mass is 418 g/mol. The Hall–Kier alpha value is -2.82. The third-order valence-electron chi connectivity index (χ3n) is 7.38. The summed E-state index contributed by atoms with van der Waals surface area (Å²) in [5.41, 5.74) is 1.85. The molecular formula is C26H30N2O3. The number of carbonyl (C=O) groups is 2. The van der Waals surface area contributed by atoms with Crippen molar-refractivity contribution in [2.24, 2.45) is 5.92 Å². The first-order valence-corrected chi connectivity index (χ1v) is 11.4. The highest BCUT2D eigenvalue weighted by molar-refractivity contribution is 5.91. The molecule has 2 aliphatic heterocycles. The van der Waals surface area contributed by atoms with E-state index in [1.54, 1.807) is 7.11 Å². The van der Waals surface area contributed by atoms with Crippen molar-refractivity contribution in [1.29, 1.82) is 0 Å². The van der Waals surface area contributed by atoms with Gasteiger partial charge in [0.15, 0.2) is 0 Å². The molecule has 0 radical (unpaired) electrons. The molecule has 2 amide bonds. The fraction of sp³-hybridized carbons (Fsp3) is 0.462. The molecule has 0 aromatic heterocycles. The van der Waals surface area contributed by atoms with Gasteiger partial charge in [0.25, 0.3) is 0 Å². The third kappa shape index (κ3) is 3.71. The van der Waals surface area contributed by atoms with Crippen molar-refractivity contribution in [1.82, 2.24) is 9.80 Å². The lowest BCUT2D eigenvalue weighted by Crippen LogP contribution is -2.44. The summed E-state index contributed by atoms with van der Waals surface area (Å²) in [6.07, 6.45) is 4.34. The van der Waals surface area contributed by atoms with Gasteiger partial charge in [0, 0.05) is 26.1 Å². The van der Waals surface area contributed by atoms with Crippen molar-refractivity contribution in [2.75, 3.05) is 20.2 Å². The fourth-order valence-electron chi connectivity index (χ4n) is 5.45. The Morgan fingerprint density at radius 3 is 2.48 bits per heavy atom. The molecular weight excluding hydrogens is 388 g/mol. The Kier molecular flexibility index (Phi) is 5.20. The number of rotatable bonds is 5. The highest BCUT2D eigenvalue weighted by Gasteiger charge is 2.55. The van der Waals surface area contributed by atoms with Crippen molar-refractivity contribution < 1.29 is 14.3 Å². The van der Waals surface area contributed by atoms with E-state index in [9.17, 15) is 9.59 Å². The average molecular weight is 419 g/mol. The number of benzene rings is 2. The van der Waals surface area contributed by atoms with Crippen molar-refractivity contribution in [2.45, 2.75) is 50.1 Å². The maximum atomic E-state index is 13.7. The predicted molar refractivity (Wildman–Crippen MR) is 119 cm³/mol. The maximum Gasteiger partial charge on any atom is 0.233 e. The molecule has 2 saturated heterocycles. The molecule has 0 unspecified atom stereocenters. The van der Waals surface area contributed by atoms with Gasteiger partial charge in [-0.15, -0.1) is 0 Å². The van der Waals surface area contributed by atoms with E-state index in [4.69, 9.17) is 4.74 Å². The molecule has 0 spiro atoms. The first kappa shape index (κ1) is 20.1. The van der Waals surface area contributed by atoms with Gasteiger partial charge < -0.3 is 14.5 Å². The van der Waals surface area contributed by atoms with Gasteiger partial charge in [-0.05, 0) is 54.9 Å². The fourth-order valence-corrected chi connectivity index (χ4v) is 5.45. The Morgan fingerprint density at radius 2 is 1.81 bits per heavy atom. The minimum absolute atomic E-state index is 0.117. The lowest BCUT2D eigenvalue weighted by atomic mass is 9.94. The summed E-state index contributed by atoms with van der Waals surface area (Å²) in [6, 6.07) is 18.3. The maximum absolute atomic E-state index is 13.7. The van der Waals surface area contributed by atoms with Gasteiger partial charge in [-0.3, -0.25) is 9.59 Å². The summed E-state index contributed by atoms with van der Waals surface area (Å²) < 4.78 is 5.28. The normalized spacial score (nSPS) is 24.5. The van der Waals surface area contributed by atoms with Crippen LogP contribution in [0.2, 0.25) is 0 Å². The minimum atomic E-state index is -0.385. The molecule has 5 heteroatoms. The van der Waals surface area contributed by atoms with Crippen molar-refractivity contribution in [3.8, 4) is 5.75 Å². The Morgan fingerprint density at radius 1 is 1.06 bits per heavy atom. The number of hydrogen-bond donors (Lipinski definition) is 0. The molecule has 3 fully saturated rings. The molecule has 1 aliphatic carbocycles. The lowest BCUT2D eigenvalue weighted by molar-refractivity contribution is -0.136. The van der Waals surface area contributed by atoms with Crippen LogP contribution in [-0.4, -0.2) is 47.9 Å². The quantitative estimate of drug-likeness (QED) is 0.743. The number of hydrogen-bond acceptors (Lipinski definition) is 3. The number of fused-ring (bicyclic) bond motifs is 1. The molecule has 3 aliphatic rings. The van der Waals surface area contributed by atoms with Gasteiger partial charge in [0.1, 0.15) is 5.75 Å². The van der Waals surface area contributed by atoms with E-state index in [1.165, 1.54) is 0 Å². The summed E-state index contributed by atoms with van der Waals surface area (Å²) in [4.78, 5) is 30.7. The molecule has 31 heavy (non-hydrogen) atoms. The van der Waals surface area contributed by atoms with Crippen LogP contribution in [0.3, 0.4) is 0 Å². The van der Waals surface area contributed by atoms with Crippen molar-refractivity contribution in [3.05, 3.63) is 65.7 Å². The minimum Gasteiger partial charge on any atom is -0.497 e.